The smallest absolute Gasteiger partial charge is 0.356 e. The van der Waals surface area contributed by atoms with Crippen LogP contribution in [0, 0.1) is 29.1 Å². The number of piperidine rings is 1. The highest BCUT2D eigenvalue weighted by atomic mass is 19.4. The van der Waals surface area contributed by atoms with E-state index in [0.717, 1.165) is 4.90 Å². The van der Waals surface area contributed by atoms with Gasteiger partial charge < -0.3 is 20.9 Å². The van der Waals surface area contributed by atoms with Gasteiger partial charge in [0, 0.05) is 19.0 Å². The molecule has 16 heteroatoms. The number of ether oxygens (including phenoxy) is 1. The summed E-state index contributed by atoms with van der Waals surface area (Å²) >= 11 is 0. The molecule has 3 N–H and O–H groups in total. The minimum absolute atomic E-state index is 0.0104. The largest absolute Gasteiger partial charge is 0.522 e. The number of alkyl halides is 6. The topological polar surface area (TPSA) is 141 Å². The molecular formula is C23H29F6N5O5. The SMILES string of the molecule is C[C@@H](OC(F)(F)F)C(NC(=O)C(F)(F)F)C(=O)N1C[C@@H]2CCC[C@@H]2C1C(=O)N[C@H](C#N)C[C@@H]1CCCNC1=O. The van der Waals surface area contributed by atoms with Crippen molar-refractivity contribution in [1.82, 2.24) is 20.9 Å². The molecule has 2 aliphatic heterocycles. The van der Waals surface area contributed by atoms with Gasteiger partial charge in [-0.15, -0.1) is 13.2 Å². The summed E-state index contributed by atoms with van der Waals surface area (Å²) in [4.78, 5) is 51.3. The molecule has 10 nitrogen and oxygen atoms in total. The second-order valence-corrected chi connectivity index (χ2v) is 10.1. The van der Waals surface area contributed by atoms with E-state index in [0.29, 0.717) is 45.6 Å². The normalized spacial score (nSPS) is 27.5. The van der Waals surface area contributed by atoms with E-state index >= 15 is 0 Å². The van der Waals surface area contributed by atoms with Crippen LogP contribution in [-0.2, 0) is 23.9 Å². The molecule has 0 aromatic heterocycles. The Hall–Kier alpha value is -3.09. The zero-order valence-electron chi connectivity index (χ0n) is 20.9. The summed E-state index contributed by atoms with van der Waals surface area (Å²) in [5.74, 6) is -6.33. The monoisotopic (exact) mass is 569 g/mol. The molecule has 4 amide bonds. The van der Waals surface area contributed by atoms with Crippen LogP contribution in [0.1, 0.15) is 45.4 Å². The van der Waals surface area contributed by atoms with E-state index in [1.165, 1.54) is 5.32 Å². The number of amides is 4. The maximum absolute atomic E-state index is 13.4. The van der Waals surface area contributed by atoms with Gasteiger partial charge in [-0.3, -0.25) is 23.9 Å². The molecule has 39 heavy (non-hydrogen) atoms. The molecule has 0 aromatic carbocycles. The molecule has 3 aliphatic rings. The lowest BCUT2D eigenvalue weighted by molar-refractivity contribution is -0.342. The van der Waals surface area contributed by atoms with Crippen LogP contribution in [0.3, 0.4) is 0 Å². The van der Waals surface area contributed by atoms with Crippen LogP contribution in [0.15, 0.2) is 0 Å². The van der Waals surface area contributed by atoms with Crippen LogP contribution >= 0.6 is 0 Å². The number of likely N-dealkylation sites (tertiary alicyclic amines) is 1. The summed E-state index contributed by atoms with van der Waals surface area (Å²) in [5, 5.41) is 16.0. The first-order valence-electron chi connectivity index (χ1n) is 12.5. The van der Waals surface area contributed by atoms with Crippen molar-refractivity contribution in [3.63, 3.8) is 0 Å². The summed E-state index contributed by atoms with van der Waals surface area (Å²) in [6.45, 7) is 1.03. The van der Waals surface area contributed by atoms with Crippen molar-refractivity contribution in [3.05, 3.63) is 0 Å². The van der Waals surface area contributed by atoms with Gasteiger partial charge in [-0.2, -0.15) is 18.4 Å². The van der Waals surface area contributed by atoms with E-state index in [1.807, 2.05) is 6.07 Å². The number of fused-ring (bicyclic) bond motifs is 1. The molecule has 2 saturated heterocycles. The lowest BCUT2D eigenvalue weighted by Gasteiger charge is -2.33. The highest BCUT2D eigenvalue weighted by Gasteiger charge is 2.53. The number of nitrogens with zero attached hydrogens (tertiary/aromatic N) is 2. The van der Waals surface area contributed by atoms with Crippen molar-refractivity contribution < 1.29 is 50.3 Å². The number of nitrogens with one attached hydrogen (secondary N) is 3. The Bertz CT molecular complexity index is 999. The first kappa shape index (κ1) is 30.5. The van der Waals surface area contributed by atoms with E-state index in [-0.39, 0.29) is 24.8 Å². The molecule has 0 bridgehead atoms. The van der Waals surface area contributed by atoms with E-state index in [9.17, 15) is 50.8 Å². The third-order valence-electron chi connectivity index (χ3n) is 7.43. The molecule has 218 valence electrons. The van der Waals surface area contributed by atoms with Gasteiger partial charge >= 0.3 is 18.4 Å². The average molecular weight is 570 g/mol. The Morgan fingerprint density at radius 1 is 1.13 bits per heavy atom. The lowest BCUT2D eigenvalue weighted by atomic mass is 9.90. The summed E-state index contributed by atoms with van der Waals surface area (Å²) in [7, 11) is 0. The summed E-state index contributed by atoms with van der Waals surface area (Å²) in [5.41, 5.74) is 0. The molecular weight excluding hydrogens is 540 g/mol. The van der Waals surface area contributed by atoms with Crippen LogP contribution in [0.4, 0.5) is 26.3 Å². The van der Waals surface area contributed by atoms with Crippen molar-refractivity contribution in [2.75, 3.05) is 13.1 Å². The first-order chi connectivity index (χ1) is 18.1. The molecule has 3 rings (SSSR count). The molecule has 0 radical (unpaired) electrons. The maximum atomic E-state index is 13.4. The lowest BCUT2D eigenvalue weighted by Crippen LogP contribution is -2.60. The highest BCUT2D eigenvalue weighted by Crippen LogP contribution is 2.43. The Kier molecular flexibility index (Phi) is 9.35. The Morgan fingerprint density at radius 3 is 2.41 bits per heavy atom. The Balaban J connectivity index is 1.83. The van der Waals surface area contributed by atoms with E-state index in [1.54, 1.807) is 0 Å². The maximum Gasteiger partial charge on any atom is 0.522 e. The number of carbonyl (C=O) groups is 4. The van der Waals surface area contributed by atoms with Crippen LogP contribution in [-0.4, -0.2) is 78.4 Å². The van der Waals surface area contributed by atoms with Crippen LogP contribution in [0.25, 0.3) is 0 Å². The molecule has 0 spiro atoms. The third-order valence-corrected chi connectivity index (χ3v) is 7.43. The van der Waals surface area contributed by atoms with Gasteiger partial charge in [0.2, 0.25) is 17.7 Å². The molecule has 3 fully saturated rings. The van der Waals surface area contributed by atoms with Gasteiger partial charge in [-0.25, -0.2) is 0 Å². The predicted octanol–water partition coefficient (Wildman–Crippen LogP) is 1.51. The number of halogens is 6. The van der Waals surface area contributed by atoms with Crippen LogP contribution in [0.2, 0.25) is 0 Å². The van der Waals surface area contributed by atoms with Gasteiger partial charge in [0.25, 0.3) is 0 Å². The second kappa shape index (κ2) is 12.0. The first-order valence-corrected chi connectivity index (χ1v) is 12.5. The number of hydrogen-bond donors (Lipinski definition) is 3. The van der Waals surface area contributed by atoms with Gasteiger partial charge in [0.1, 0.15) is 18.1 Å². The van der Waals surface area contributed by atoms with Crippen molar-refractivity contribution >= 4 is 23.6 Å². The van der Waals surface area contributed by atoms with Gasteiger partial charge in [0.15, 0.2) is 0 Å². The van der Waals surface area contributed by atoms with Crippen molar-refractivity contribution in [2.45, 2.75) is 82.2 Å². The number of rotatable bonds is 8. The number of carbonyl (C=O) groups excluding carboxylic acids is 4. The summed E-state index contributed by atoms with van der Waals surface area (Å²) in [6, 6.07) is -2.94. The highest BCUT2D eigenvalue weighted by molar-refractivity contribution is 5.94. The molecule has 0 aromatic rings. The molecule has 2 unspecified atom stereocenters. The molecule has 1 aliphatic carbocycles. The molecule has 2 heterocycles. The van der Waals surface area contributed by atoms with Crippen molar-refractivity contribution in [2.24, 2.45) is 17.8 Å². The minimum atomic E-state index is -5.50. The van der Waals surface area contributed by atoms with Gasteiger partial charge in [-0.05, 0) is 50.9 Å². The average Bonchev–Trinajstić information content (AvgIpc) is 3.42. The number of hydrogen-bond acceptors (Lipinski definition) is 6. The predicted molar refractivity (Wildman–Crippen MR) is 119 cm³/mol. The zero-order valence-corrected chi connectivity index (χ0v) is 20.9. The summed E-state index contributed by atoms with van der Waals surface area (Å²) < 4.78 is 81.1. The van der Waals surface area contributed by atoms with E-state index in [2.05, 4.69) is 15.4 Å². The molecule has 1 saturated carbocycles. The van der Waals surface area contributed by atoms with Crippen LogP contribution in [0.5, 0.6) is 0 Å². The van der Waals surface area contributed by atoms with Crippen LogP contribution < -0.4 is 16.0 Å². The quantitative estimate of drug-likeness (QED) is 0.379. The van der Waals surface area contributed by atoms with E-state index < -0.39 is 66.3 Å². The standard InChI is InChI=1S/C23H29F6N5O5/c1-11(39-23(27,28)29)16(33-21(38)22(24,25)26)20(37)34-10-13-4-2-6-15(13)17(34)19(36)32-14(9-30)8-12-5-3-7-31-18(12)35/h11-17H,2-8,10H2,1H3,(H,31,35)(H,32,36)(H,33,38)/t11-,12+,13+,14+,15+,16?,17?/m1/s1. The van der Waals surface area contributed by atoms with Crippen molar-refractivity contribution in [1.29, 1.82) is 5.26 Å². The minimum Gasteiger partial charge on any atom is -0.356 e. The fraction of sp³-hybridized carbons (Fsp3) is 0.783. The number of nitriles is 1. The second-order valence-electron chi connectivity index (χ2n) is 10.1. The Morgan fingerprint density at radius 2 is 1.82 bits per heavy atom. The van der Waals surface area contributed by atoms with Crippen molar-refractivity contribution in [3.8, 4) is 6.07 Å². The Labute approximate surface area is 219 Å². The van der Waals surface area contributed by atoms with Gasteiger partial charge in [0.05, 0.1) is 12.2 Å². The van der Waals surface area contributed by atoms with E-state index in [4.69, 9.17) is 0 Å². The molecule has 7 atom stereocenters. The van der Waals surface area contributed by atoms with Gasteiger partial charge in [-0.1, -0.05) is 6.42 Å². The fourth-order valence-corrected chi connectivity index (χ4v) is 5.67. The summed E-state index contributed by atoms with van der Waals surface area (Å²) in [6.07, 6.45) is -10.2. The fourth-order valence-electron chi connectivity index (χ4n) is 5.67. The third kappa shape index (κ3) is 7.52. The zero-order chi connectivity index (χ0) is 29.1.